The summed E-state index contributed by atoms with van der Waals surface area (Å²) in [6.45, 7) is 6.04. The monoisotopic (exact) mass is 294 g/mol. The molecule has 0 bridgehead atoms. The molecule has 1 amide bonds. The Bertz CT molecular complexity index is 499. The first kappa shape index (κ1) is 15.8. The average Bonchev–Trinajstić information content (AvgIpc) is 2.45. The summed E-state index contributed by atoms with van der Waals surface area (Å²) in [5.74, 6) is 0.110. The molecule has 1 aliphatic heterocycles. The lowest BCUT2D eigenvalue weighted by Gasteiger charge is -2.36. The zero-order valence-corrected chi connectivity index (χ0v) is 12.6. The second-order valence-electron chi connectivity index (χ2n) is 5.80. The van der Waals surface area contributed by atoms with Crippen LogP contribution in [-0.4, -0.2) is 35.5 Å². The molecule has 1 saturated heterocycles. The highest BCUT2D eigenvalue weighted by atomic mass is 19.1. The number of nitrogens with zero attached hydrogens (tertiary/aromatic N) is 1. The number of hydrogen-bond donors (Lipinski definition) is 2. The number of aromatic hydroxyl groups is 1. The SMILES string of the molecule is CC(=O)NCC1CCN(C(C)c2ccc(O)cc2F)CC1. The van der Waals surface area contributed by atoms with Crippen molar-refractivity contribution in [3.63, 3.8) is 0 Å². The lowest BCUT2D eigenvalue weighted by molar-refractivity contribution is -0.119. The second kappa shape index (κ2) is 6.89. The fourth-order valence-corrected chi connectivity index (χ4v) is 2.88. The zero-order chi connectivity index (χ0) is 15.4. The van der Waals surface area contributed by atoms with Crippen LogP contribution in [0.25, 0.3) is 0 Å². The Morgan fingerprint density at radius 1 is 1.48 bits per heavy atom. The van der Waals surface area contributed by atoms with Crippen LogP contribution in [0.15, 0.2) is 18.2 Å². The summed E-state index contributed by atoms with van der Waals surface area (Å²) >= 11 is 0. The van der Waals surface area contributed by atoms with Crippen LogP contribution in [-0.2, 0) is 4.79 Å². The molecular weight excluding hydrogens is 271 g/mol. The first-order chi connectivity index (χ1) is 9.97. The molecule has 21 heavy (non-hydrogen) atoms. The van der Waals surface area contributed by atoms with Gasteiger partial charge in [0.2, 0.25) is 5.91 Å². The van der Waals surface area contributed by atoms with Crippen molar-refractivity contribution < 1.29 is 14.3 Å². The normalized spacial score (nSPS) is 18.4. The smallest absolute Gasteiger partial charge is 0.216 e. The highest BCUT2D eigenvalue weighted by Gasteiger charge is 2.25. The maximum atomic E-state index is 13.9. The van der Waals surface area contributed by atoms with Crippen LogP contribution in [0.1, 0.15) is 38.3 Å². The number of carbonyl (C=O) groups excluding carboxylic acids is 1. The van der Waals surface area contributed by atoms with E-state index in [1.54, 1.807) is 6.07 Å². The van der Waals surface area contributed by atoms with Gasteiger partial charge in [-0.2, -0.15) is 0 Å². The summed E-state index contributed by atoms with van der Waals surface area (Å²) in [7, 11) is 0. The molecule has 2 rings (SSSR count). The lowest BCUT2D eigenvalue weighted by atomic mass is 9.94. The third-order valence-corrected chi connectivity index (χ3v) is 4.27. The number of hydrogen-bond acceptors (Lipinski definition) is 3. The molecule has 0 radical (unpaired) electrons. The van der Waals surface area contributed by atoms with Gasteiger partial charge in [-0.25, -0.2) is 4.39 Å². The fourth-order valence-electron chi connectivity index (χ4n) is 2.88. The van der Waals surface area contributed by atoms with Gasteiger partial charge in [-0.3, -0.25) is 9.69 Å². The Balaban J connectivity index is 1.90. The Labute approximate surface area is 125 Å². The summed E-state index contributed by atoms with van der Waals surface area (Å²) in [5, 5.41) is 12.1. The van der Waals surface area contributed by atoms with Crippen molar-refractivity contribution >= 4 is 5.91 Å². The van der Waals surface area contributed by atoms with Gasteiger partial charge in [-0.05, 0) is 44.8 Å². The standard InChI is InChI=1S/C16H23FN2O2/c1-11(15-4-3-14(21)9-16(15)17)19-7-5-13(6-8-19)10-18-12(2)20/h3-4,9,11,13,21H,5-8,10H2,1-2H3,(H,18,20). The molecule has 5 heteroatoms. The lowest BCUT2D eigenvalue weighted by Crippen LogP contribution is -2.39. The Hall–Kier alpha value is -1.62. The third-order valence-electron chi connectivity index (χ3n) is 4.27. The van der Waals surface area contributed by atoms with E-state index in [0.717, 1.165) is 38.5 Å². The molecule has 4 nitrogen and oxygen atoms in total. The number of nitrogens with one attached hydrogen (secondary N) is 1. The van der Waals surface area contributed by atoms with Gasteiger partial charge >= 0.3 is 0 Å². The van der Waals surface area contributed by atoms with Crippen LogP contribution in [0.2, 0.25) is 0 Å². The van der Waals surface area contributed by atoms with E-state index in [2.05, 4.69) is 10.2 Å². The fraction of sp³-hybridized carbons (Fsp3) is 0.562. The molecule has 116 valence electrons. The van der Waals surface area contributed by atoms with Crippen LogP contribution in [0.3, 0.4) is 0 Å². The van der Waals surface area contributed by atoms with Crippen LogP contribution in [0.4, 0.5) is 4.39 Å². The summed E-state index contributed by atoms with van der Waals surface area (Å²) in [4.78, 5) is 13.2. The average molecular weight is 294 g/mol. The van der Waals surface area contributed by atoms with Crippen molar-refractivity contribution in [3.05, 3.63) is 29.6 Å². The highest BCUT2D eigenvalue weighted by molar-refractivity contribution is 5.72. The summed E-state index contributed by atoms with van der Waals surface area (Å²) < 4.78 is 13.9. The maximum absolute atomic E-state index is 13.9. The minimum atomic E-state index is -0.358. The van der Waals surface area contributed by atoms with Gasteiger partial charge in [-0.1, -0.05) is 6.07 Å². The van der Waals surface area contributed by atoms with Crippen molar-refractivity contribution in [3.8, 4) is 5.75 Å². The maximum Gasteiger partial charge on any atom is 0.216 e. The third kappa shape index (κ3) is 4.17. The molecule has 1 atom stereocenters. The predicted octanol–water partition coefficient (Wildman–Crippen LogP) is 2.44. The van der Waals surface area contributed by atoms with Crippen LogP contribution >= 0.6 is 0 Å². The molecule has 0 aliphatic carbocycles. The number of phenolic OH excluding ortho intramolecular Hbond substituents is 1. The first-order valence-electron chi connectivity index (χ1n) is 7.44. The highest BCUT2D eigenvalue weighted by Crippen LogP contribution is 2.29. The van der Waals surface area contributed by atoms with Crippen LogP contribution < -0.4 is 5.32 Å². The molecule has 1 aromatic carbocycles. The predicted molar refractivity (Wildman–Crippen MR) is 79.5 cm³/mol. The van der Waals surface area contributed by atoms with Crippen molar-refractivity contribution in [2.75, 3.05) is 19.6 Å². The van der Waals surface area contributed by atoms with E-state index in [4.69, 9.17) is 0 Å². The van der Waals surface area contributed by atoms with E-state index in [1.165, 1.54) is 13.0 Å². The molecule has 0 spiro atoms. The van der Waals surface area contributed by atoms with E-state index < -0.39 is 0 Å². The van der Waals surface area contributed by atoms with Gasteiger partial charge in [0.25, 0.3) is 0 Å². The minimum Gasteiger partial charge on any atom is -0.508 e. The van der Waals surface area contributed by atoms with E-state index in [0.29, 0.717) is 11.5 Å². The van der Waals surface area contributed by atoms with Gasteiger partial charge in [0.05, 0.1) is 0 Å². The molecule has 1 fully saturated rings. The second-order valence-corrected chi connectivity index (χ2v) is 5.80. The summed E-state index contributed by atoms with van der Waals surface area (Å²) in [5.41, 5.74) is 0.619. The van der Waals surface area contributed by atoms with Gasteiger partial charge in [0, 0.05) is 31.1 Å². The van der Waals surface area contributed by atoms with E-state index >= 15 is 0 Å². The van der Waals surface area contributed by atoms with Crippen molar-refractivity contribution in [1.82, 2.24) is 10.2 Å². The number of amides is 1. The molecule has 1 aliphatic rings. The molecular formula is C16H23FN2O2. The zero-order valence-electron chi connectivity index (χ0n) is 12.6. The molecule has 2 N–H and O–H groups in total. The summed E-state index contributed by atoms with van der Waals surface area (Å²) in [6, 6.07) is 4.33. The largest absolute Gasteiger partial charge is 0.508 e. The van der Waals surface area contributed by atoms with Gasteiger partial charge in [0.15, 0.2) is 0 Å². The number of carbonyl (C=O) groups is 1. The van der Waals surface area contributed by atoms with Crippen LogP contribution in [0.5, 0.6) is 5.75 Å². The van der Waals surface area contributed by atoms with E-state index in [9.17, 15) is 14.3 Å². The van der Waals surface area contributed by atoms with Gasteiger partial charge in [-0.15, -0.1) is 0 Å². The first-order valence-corrected chi connectivity index (χ1v) is 7.44. The number of benzene rings is 1. The minimum absolute atomic E-state index is 0.00711. The van der Waals surface area contributed by atoms with Gasteiger partial charge in [0.1, 0.15) is 11.6 Å². The topological polar surface area (TPSA) is 52.6 Å². The molecule has 0 aromatic heterocycles. The number of phenols is 1. The molecule has 1 heterocycles. The van der Waals surface area contributed by atoms with E-state index in [1.807, 2.05) is 6.92 Å². The Kier molecular flexibility index (Phi) is 5.17. The quantitative estimate of drug-likeness (QED) is 0.897. The number of likely N-dealkylation sites (tertiary alicyclic amines) is 1. The summed E-state index contributed by atoms with van der Waals surface area (Å²) in [6.07, 6.45) is 2.01. The van der Waals surface area contributed by atoms with Gasteiger partial charge < -0.3 is 10.4 Å². The Morgan fingerprint density at radius 2 is 2.14 bits per heavy atom. The Morgan fingerprint density at radius 3 is 2.71 bits per heavy atom. The molecule has 0 saturated carbocycles. The van der Waals surface area contributed by atoms with Crippen LogP contribution in [0, 0.1) is 11.7 Å². The number of halogens is 1. The van der Waals surface area contributed by atoms with Crippen molar-refractivity contribution in [1.29, 1.82) is 0 Å². The number of rotatable bonds is 4. The van der Waals surface area contributed by atoms with Crippen molar-refractivity contribution in [2.45, 2.75) is 32.7 Å². The van der Waals surface area contributed by atoms with E-state index in [-0.39, 0.29) is 23.5 Å². The molecule has 1 unspecified atom stereocenters. The van der Waals surface area contributed by atoms with Crippen molar-refractivity contribution in [2.24, 2.45) is 5.92 Å². The number of piperidine rings is 1. The molecule has 1 aromatic rings.